The number of halogens is 4. The molecule has 2 aliphatic heterocycles. The van der Waals surface area contributed by atoms with Gasteiger partial charge >= 0.3 is 6.18 Å². The topological polar surface area (TPSA) is 96.8 Å². The summed E-state index contributed by atoms with van der Waals surface area (Å²) in [4.78, 5) is 32.5. The SMILES string of the molecule is CN(C1=NC(=O)/C(=C/c2ccc3c(cnn3Cc3ccc(Cl)cc3C(F)(F)F)c2)S1)[C@H]1CCN(CC(N)=O)C1. The Hall–Kier alpha value is -3.35. The van der Waals surface area contributed by atoms with Crippen LogP contribution in [0.1, 0.15) is 23.1 Å². The standard InChI is InChI=1S/C26H24ClF3N6O2S/c1-34(19-6-7-35(13-19)14-23(31)37)25-33-24(38)22(39-25)9-15-2-5-21-17(8-15)11-32-36(21)12-16-3-4-18(27)10-20(16)26(28,29)30/h2-5,8-11,19H,6-7,12-14H2,1H3,(H2,31,37)/b22-9-/t19-/m0/s1. The number of primary amides is 1. The molecule has 3 heterocycles. The number of amides is 2. The molecule has 0 bridgehead atoms. The summed E-state index contributed by atoms with van der Waals surface area (Å²) in [6, 6.07) is 9.19. The van der Waals surface area contributed by atoms with E-state index in [1.807, 2.05) is 22.9 Å². The number of likely N-dealkylation sites (N-methyl/N-ethyl adjacent to an activating group) is 1. The van der Waals surface area contributed by atoms with Crippen LogP contribution in [0.2, 0.25) is 5.02 Å². The van der Waals surface area contributed by atoms with Crippen molar-refractivity contribution >= 4 is 57.3 Å². The summed E-state index contributed by atoms with van der Waals surface area (Å²) in [5.41, 5.74) is 5.96. The Bertz CT molecular complexity index is 1520. The van der Waals surface area contributed by atoms with Gasteiger partial charge in [-0.15, -0.1) is 0 Å². The lowest BCUT2D eigenvalue weighted by molar-refractivity contribution is -0.138. The van der Waals surface area contributed by atoms with Gasteiger partial charge in [-0.3, -0.25) is 19.2 Å². The van der Waals surface area contributed by atoms with E-state index in [2.05, 4.69) is 10.1 Å². The predicted molar refractivity (Wildman–Crippen MR) is 145 cm³/mol. The van der Waals surface area contributed by atoms with Gasteiger partial charge in [0.25, 0.3) is 5.91 Å². The molecule has 8 nitrogen and oxygen atoms in total. The number of benzene rings is 2. The van der Waals surface area contributed by atoms with E-state index in [9.17, 15) is 22.8 Å². The first-order chi connectivity index (χ1) is 18.5. The molecular formula is C26H24ClF3N6O2S. The summed E-state index contributed by atoms with van der Waals surface area (Å²) in [6.45, 7) is 1.53. The highest BCUT2D eigenvalue weighted by molar-refractivity contribution is 8.18. The molecule has 204 valence electrons. The lowest BCUT2D eigenvalue weighted by atomic mass is 10.1. The van der Waals surface area contributed by atoms with Crippen molar-refractivity contribution in [2.24, 2.45) is 10.7 Å². The molecule has 0 aliphatic carbocycles. The molecule has 1 saturated heterocycles. The van der Waals surface area contributed by atoms with Gasteiger partial charge in [0.15, 0.2) is 5.17 Å². The second kappa shape index (κ2) is 10.7. The van der Waals surface area contributed by atoms with Crippen LogP contribution in [0.25, 0.3) is 17.0 Å². The zero-order valence-electron chi connectivity index (χ0n) is 20.8. The fourth-order valence-corrected chi connectivity index (χ4v) is 5.90. The number of aliphatic imine (C=N–C) groups is 1. The lowest BCUT2D eigenvalue weighted by Crippen LogP contribution is -2.39. The maximum Gasteiger partial charge on any atom is 0.416 e. The Morgan fingerprint density at radius 1 is 1.28 bits per heavy atom. The van der Waals surface area contributed by atoms with E-state index in [0.717, 1.165) is 30.0 Å². The van der Waals surface area contributed by atoms with Crippen LogP contribution in [0, 0.1) is 0 Å². The molecule has 0 saturated carbocycles. The lowest BCUT2D eigenvalue weighted by Gasteiger charge is -2.25. The summed E-state index contributed by atoms with van der Waals surface area (Å²) in [7, 11) is 1.88. The van der Waals surface area contributed by atoms with E-state index in [0.29, 0.717) is 22.1 Å². The van der Waals surface area contributed by atoms with Crippen molar-refractivity contribution in [2.45, 2.75) is 25.2 Å². The molecule has 1 atom stereocenters. The third kappa shape index (κ3) is 5.97. The second-order valence-electron chi connectivity index (χ2n) is 9.48. The molecule has 1 aromatic heterocycles. The van der Waals surface area contributed by atoms with E-state index in [1.54, 1.807) is 24.4 Å². The second-order valence-corrected chi connectivity index (χ2v) is 10.9. The first-order valence-corrected chi connectivity index (χ1v) is 13.2. The number of hydrogen-bond donors (Lipinski definition) is 1. The van der Waals surface area contributed by atoms with E-state index in [4.69, 9.17) is 17.3 Å². The number of likely N-dealkylation sites (tertiary alicyclic amines) is 1. The highest BCUT2D eigenvalue weighted by atomic mass is 35.5. The highest BCUT2D eigenvalue weighted by Gasteiger charge is 2.34. The van der Waals surface area contributed by atoms with Gasteiger partial charge in [0.2, 0.25) is 5.91 Å². The van der Waals surface area contributed by atoms with Crippen LogP contribution in [0.15, 0.2) is 52.5 Å². The summed E-state index contributed by atoms with van der Waals surface area (Å²) < 4.78 is 42.1. The van der Waals surface area contributed by atoms with Gasteiger partial charge in [0.05, 0.1) is 35.3 Å². The van der Waals surface area contributed by atoms with Crippen LogP contribution in [-0.2, 0) is 22.3 Å². The van der Waals surface area contributed by atoms with E-state index < -0.39 is 11.7 Å². The number of hydrogen-bond acceptors (Lipinski definition) is 6. The van der Waals surface area contributed by atoms with Crippen molar-refractivity contribution in [3.8, 4) is 0 Å². The molecule has 2 amide bonds. The molecule has 0 spiro atoms. The molecular weight excluding hydrogens is 553 g/mol. The number of carbonyl (C=O) groups is 2. The number of carbonyl (C=O) groups excluding carboxylic acids is 2. The number of nitrogens with two attached hydrogens (primary N) is 1. The van der Waals surface area contributed by atoms with E-state index in [1.165, 1.54) is 28.6 Å². The number of alkyl halides is 3. The highest BCUT2D eigenvalue weighted by Crippen LogP contribution is 2.35. The van der Waals surface area contributed by atoms with Crippen molar-refractivity contribution in [2.75, 3.05) is 26.7 Å². The van der Waals surface area contributed by atoms with Crippen LogP contribution < -0.4 is 5.73 Å². The molecule has 39 heavy (non-hydrogen) atoms. The van der Waals surface area contributed by atoms with Crippen LogP contribution in [0.5, 0.6) is 0 Å². The summed E-state index contributed by atoms with van der Waals surface area (Å²) in [5.74, 6) is -0.711. The van der Waals surface area contributed by atoms with Crippen molar-refractivity contribution < 1.29 is 22.8 Å². The summed E-state index contributed by atoms with van der Waals surface area (Å²) in [6.07, 6.45) is -0.387. The minimum atomic E-state index is -4.54. The smallest absolute Gasteiger partial charge is 0.369 e. The number of thioether (sulfide) groups is 1. The Kier molecular flexibility index (Phi) is 7.45. The Labute approximate surface area is 231 Å². The van der Waals surface area contributed by atoms with Crippen molar-refractivity contribution in [1.82, 2.24) is 19.6 Å². The maximum absolute atomic E-state index is 13.5. The molecule has 1 fully saturated rings. The Morgan fingerprint density at radius 3 is 2.82 bits per heavy atom. The summed E-state index contributed by atoms with van der Waals surface area (Å²) in [5, 5.41) is 5.62. The van der Waals surface area contributed by atoms with Gasteiger partial charge in [0, 0.05) is 36.6 Å². The van der Waals surface area contributed by atoms with Crippen molar-refractivity contribution in [3.63, 3.8) is 0 Å². The van der Waals surface area contributed by atoms with Crippen LogP contribution in [-0.4, -0.2) is 69.3 Å². The summed E-state index contributed by atoms with van der Waals surface area (Å²) >= 11 is 7.08. The predicted octanol–water partition coefficient (Wildman–Crippen LogP) is 4.22. The van der Waals surface area contributed by atoms with Gasteiger partial charge in [0.1, 0.15) is 0 Å². The molecule has 0 unspecified atom stereocenters. The number of nitrogens with zero attached hydrogens (tertiary/aromatic N) is 5. The van der Waals surface area contributed by atoms with Gasteiger partial charge in [-0.1, -0.05) is 23.7 Å². The minimum absolute atomic E-state index is 0.0139. The van der Waals surface area contributed by atoms with Gasteiger partial charge in [-0.2, -0.15) is 23.3 Å². The van der Waals surface area contributed by atoms with E-state index in [-0.39, 0.29) is 41.5 Å². The molecule has 2 aliphatic rings. The molecule has 3 aromatic rings. The zero-order valence-corrected chi connectivity index (χ0v) is 22.4. The minimum Gasteiger partial charge on any atom is -0.369 e. The fraction of sp³-hybridized carbons (Fsp3) is 0.308. The monoisotopic (exact) mass is 576 g/mol. The quantitative estimate of drug-likeness (QED) is 0.442. The first-order valence-electron chi connectivity index (χ1n) is 12.0. The van der Waals surface area contributed by atoms with Crippen molar-refractivity contribution in [1.29, 1.82) is 0 Å². The molecule has 5 rings (SSSR count). The molecule has 2 aromatic carbocycles. The molecule has 0 radical (unpaired) electrons. The van der Waals surface area contributed by atoms with Crippen LogP contribution >= 0.6 is 23.4 Å². The van der Waals surface area contributed by atoms with Crippen LogP contribution in [0.3, 0.4) is 0 Å². The third-order valence-corrected chi connectivity index (χ3v) is 8.06. The average Bonchev–Trinajstić information content (AvgIpc) is 3.58. The van der Waals surface area contributed by atoms with Gasteiger partial charge in [-0.25, -0.2) is 0 Å². The van der Waals surface area contributed by atoms with Crippen LogP contribution in [0.4, 0.5) is 13.2 Å². The largest absolute Gasteiger partial charge is 0.416 e. The van der Waals surface area contributed by atoms with E-state index >= 15 is 0 Å². The number of amidine groups is 1. The zero-order chi connectivity index (χ0) is 27.9. The fourth-order valence-electron chi connectivity index (χ4n) is 4.78. The average molecular weight is 577 g/mol. The number of aromatic nitrogens is 2. The number of rotatable bonds is 6. The normalized spacial score (nSPS) is 19.3. The molecule has 2 N–H and O–H groups in total. The Morgan fingerprint density at radius 2 is 2.08 bits per heavy atom. The maximum atomic E-state index is 13.5. The van der Waals surface area contributed by atoms with Gasteiger partial charge in [-0.05, 0) is 59.7 Å². The van der Waals surface area contributed by atoms with Crippen molar-refractivity contribution in [3.05, 3.63) is 69.2 Å². The first kappa shape index (κ1) is 27.2. The van der Waals surface area contributed by atoms with Gasteiger partial charge < -0.3 is 10.6 Å². The third-order valence-electron chi connectivity index (χ3n) is 6.75. The molecule has 13 heteroatoms. The Balaban J connectivity index is 1.30. The number of fused-ring (bicyclic) bond motifs is 1.